The van der Waals surface area contributed by atoms with Crippen molar-refractivity contribution in [3.05, 3.63) is 51.7 Å². The number of aryl methyl sites for hydroxylation is 2. The lowest BCUT2D eigenvalue weighted by Gasteiger charge is -2.32. The van der Waals surface area contributed by atoms with Crippen molar-refractivity contribution >= 4 is 5.69 Å². The molecule has 0 amide bonds. The van der Waals surface area contributed by atoms with Crippen molar-refractivity contribution in [3.63, 3.8) is 0 Å². The largest absolute Gasteiger partial charge is 0.464 e. The van der Waals surface area contributed by atoms with E-state index >= 15 is 0 Å². The van der Waals surface area contributed by atoms with Crippen molar-refractivity contribution in [2.24, 2.45) is 9.98 Å². The minimum atomic E-state index is -0.160. The number of anilines is 1. The Hall–Kier alpha value is -2.80. The summed E-state index contributed by atoms with van der Waals surface area (Å²) in [6.07, 6.45) is 0.547. The van der Waals surface area contributed by atoms with Gasteiger partial charge in [0.1, 0.15) is 19.8 Å². The van der Waals surface area contributed by atoms with E-state index in [0.717, 1.165) is 22.0 Å². The summed E-state index contributed by atoms with van der Waals surface area (Å²) in [4.78, 5) is 9.92. The van der Waals surface area contributed by atoms with E-state index in [1.54, 1.807) is 14.2 Å². The van der Waals surface area contributed by atoms with E-state index in [9.17, 15) is 0 Å². The molecule has 196 valence electrons. The molecule has 11 heteroatoms. The van der Waals surface area contributed by atoms with Gasteiger partial charge in [-0.15, -0.1) is 0 Å². The van der Waals surface area contributed by atoms with Crippen LogP contribution in [0.25, 0.3) is 0 Å². The lowest BCUT2D eigenvalue weighted by molar-refractivity contribution is -0.148. The second-order valence-electron chi connectivity index (χ2n) is 8.39. The van der Waals surface area contributed by atoms with E-state index in [0.29, 0.717) is 17.9 Å². The molecule has 4 rings (SSSR count). The van der Waals surface area contributed by atoms with E-state index < -0.39 is 0 Å². The van der Waals surface area contributed by atoms with Crippen LogP contribution in [0.2, 0.25) is 0 Å². The number of hydrogen-bond acceptors (Lipinski definition) is 11. The zero-order valence-electron chi connectivity index (χ0n) is 21.1. The number of methoxy groups -OCH3 is 2. The molecule has 2 aromatic rings. The average molecular weight is 504 g/mol. The van der Waals surface area contributed by atoms with E-state index in [1.807, 2.05) is 12.1 Å². The molecule has 2 aliphatic rings. The lowest BCUT2D eigenvalue weighted by atomic mass is 9.96. The van der Waals surface area contributed by atoms with Crippen LogP contribution in [0.1, 0.15) is 16.7 Å². The Kier molecular flexibility index (Phi) is 9.45. The van der Waals surface area contributed by atoms with Crippen molar-refractivity contribution in [1.82, 2.24) is 0 Å². The number of hydrogen-bond donors (Lipinski definition) is 1. The third-order valence-electron chi connectivity index (χ3n) is 5.77. The van der Waals surface area contributed by atoms with E-state index in [2.05, 4.69) is 31.3 Å². The van der Waals surface area contributed by atoms with Gasteiger partial charge in [-0.1, -0.05) is 0 Å². The van der Waals surface area contributed by atoms with Crippen LogP contribution in [0.5, 0.6) is 11.5 Å². The van der Waals surface area contributed by atoms with Gasteiger partial charge in [0.15, 0.2) is 38.7 Å². The summed E-state index contributed by atoms with van der Waals surface area (Å²) in [6.45, 7) is 4.47. The number of fused-ring (bicyclic) bond motifs is 3. The van der Waals surface area contributed by atoms with Gasteiger partial charge >= 0.3 is 0 Å². The highest BCUT2D eigenvalue weighted by atomic mass is 16.8. The van der Waals surface area contributed by atoms with Gasteiger partial charge in [0.25, 0.3) is 0 Å². The molecule has 0 aromatic heterocycles. The van der Waals surface area contributed by atoms with Gasteiger partial charge in [-0.05, 0) is 48.7 Å². The number of benzene rings is 2. The molecule has 2 atom stereocenters. The molecular formula is C25H33N3O8. The maximum Gasteiger partial charge on any atom is 0.191 e. The standard InChI is InChI=1S/C25H33N3O8/c1-16-5-20-21(6-17(16)2)28-25-22(26-20)7-18-8-23(35-14-33-12-31-10-29-3)24(9-19(18)27-25)36-15-34-13-32-11-30-4/h5-6,8-9,22,25,27H,7,10-15H2,1-4H3. The molecule has 1 N–H and O–H groups in total. The quantitative estimate of drug-likeness (QED) is 0.305. The first-order valence-corrected chi connectivity index (χ1v) is 11.6. The van der Waals surface area contributed by atoms with E-state index in [-0.39, 0.29) is 53.0 Å². The molecule has 0 spiro atoms. The Morgan fingerprint density at radius 1 is 0.722 bits per heavy atom. The van der Waals surface area contributed by atoms with E-state index in [1.165, 1.54) is 11.1 Å². The number of nitrogens with zero attached hydrogens (tertiary/aromatic N) is 2. The van der Waals surface area contributed by atoms with Gasteiger partial charge in [-0.25, -0.2) is 0 Å². The first-order chi connectivity index (χ1) is 17.6. The molecule has 2 heterocycles. The second kappa shape index (κ2) is 12.9. The minimum absolute atomic E-state index is 0.0216. The summed E-state index contributed by atoms with van der Waals surface area (Å²) < 4.78 is 42.3. The highest BCUT2D eigenvalue weighted by molar-refractivity contribution is 5.63. The van der Waals surface area contributed by atoms with Gasteiger partial charge in [-0.2, -0.15) is 0 Å². The molecule has 11 nitrogen and oxygen atoms in total. The summed E-state index contributed by atoms with van der Waals surface area (Å²) in [7, 11) is 3.08. The molecule has 0 fully saturated rings. The van der Waals surface area contributed by atoms with Gasteiger partial charge in [-0.3, -0.25) is 9.98 Å². The molecule has 0 bridgehead atoms. The third-order valence-corrected chi connectivity index (χ3v) is 5.77. The van der Waals surface area contributed by atoms with Crippen molar-refractivity contribution in [3.8, 4) is 11.5 Å². The summed E-state index contributed by atoms with van der Waals surface area (Å²) in [5.74, 6) is 1.01. The summed E-state index contributed by atoms with van der Waals surface area (Å²) in [6, 6.07) is 7.98. The van der Waals surface area contributed by atoms with Crippen LogP contribution in [0.15, 0.2) is 34.3 Å². The molecule has 2 unspecified atom stereocenters. The Balaban J connectivity index is 1.49. The van der Waals surface area contributed by atoms with Crippen LogP contribution in [0, 0.1) is 13.8 Å². The van der Waals surface area contributed by atoms with Crippen molar-refractivity contribution in [2.45, 2.75) is 32.5 Å². The molecule has 0 aliphatic carbocycles. The van der Waals surface area contributed by atoms with Crippen LogP contribution in [0.3, 0.4) is 0 Å². The first-order valence-electron chi connectivity index (χ1n) is 11.6. The molecule has 36 heavy (non-hydrogen) atoms. The van der Waals surface area contributed by atoms with Crippen molar-refractivity contribution in [2.75, 3.05) is 60.3 Å². The number of nitrogens with one attached hydrogen (secondary N) is 1. The van der Waals surface area contributed by atoms with Crippen molar-refractivity contribution < 1.29 is 37.9 Å². The van der Waals surface area contributed by atoms with Crippen molar-refractivity contribution in [1.29, 1.82) is 0 Å². The number of ether oxygens (including phenoxy) is 8. The van der Waals surface area contributed by atoms with Crippen LogP contribution < -0.4 is 25.5 Å². The predicted octanol–water partition coefficient (Wildman–Crippen LogP) is 1.78. The third kappa shape index (κ3) is 6.69. The zero-order valence-corrected chi connectivity index (χ0v) is 21.1. The van der Waals surface area contributed by atoms with Crippen LogP contribution >= 0.6 is 0 Å². The Morgan fingerprint density at radius 2 is 1.28 bits per heavy atom. The number of rotatable bonds is 14. The topological polar surface area (TPSA) is 111 Å². The van der Waals surface area contributed by atoms with Gasteiger partial charge < -0.3 is 43.2 Å². The van der Waals surface area contributed by atoms with Crippen LogP contribution in [-0.4, -0.2) is 67.2 Å². The molecule has 0 saturated carbocycles. The fourth-order valence-corrected chi connectivity index (χ4v) is 3.91. The monoisotopic (exact) mass is 503 g/mol. The normalized spacial score (nSPS) is 17.7. The highest BCUT2D eigenvalue weighted by Crippen LogP contribution is 2.38. The lowest BCUT2D eigenvalue weighted by Crippen LogP contribution is -2.46. The summed E-state index contributed by atoms with van der Waals surface area (Å²) in [5, 5.41) is 5.34. The summed E-state index contributed by atoms with van der Waals surface area (Å²) in [5.41, 5.74) is 4.36. The highest BCUT2D eigenvalue weighted by Gasteiger charge is 2.30. The van der Waals surface area contributed by atoms with Gasteiger partial charge in [0.05, 0.1) is 16.8 Å². The Bertz CT molecular complexity index is 1060. The minimum Gasteiger partial charge on any atom is -0.464 e. The second-order valence-corrected chi connectivity index (χ2v) is 8.39. The first kappa shape index (κ1) is 26.3. The van der Waals surface area contributed by atoms with Gasteiger partial charge in [0.2, 0.25) is 0 Å². The molecule has 0 saturated heterocycles. The Labute approximate surface area is 209 Å². The maximum absolute atomic E-state index is 5.84. The molecule has 2 aliphatic heterocycles. The van der Waals surface area contributed by atoms with Crippen LogP contribution in [0.4, 0.5) is 5.69 Å². The maximum atomic E-state index is 5.84. The average Bonchev–Trinajstić information content (AvgIpc) is 2.87. The van der Waals surface area contributed by atoms with Gasteiger partial charge in [0, 0.05) is 32.4 Å². The molecule has 2 aromatic carbocycles. The molecular weight excluding hydrogens is 470 g/mol. The smallest absolute Gasteiger partial charge is 0.191 e. The Morgan fingerprint density at radius 3 is 1.89 bits per heavy atom. The van der Waals surface area contributed by atoms with Crippen LogP contribution in [-0.2, 0) is 34.8 Å². The zero-order chi connectivity index (χ0) is 25.3. The SMILES string of the molecule is COCOCOCOc1cc2c(cc1OCOCOCOC)NC1N=c3cc(C)c(C)cc3=NC1C2. The predicted molar refractivity (Wildman–Crippen MR) is 128 cm³/mol. The summed E-state index contributed by atoms with van der Waals surface area (Å²) >= 11 is 0. The fraction of sp³-hybridized carbons (Fsp3) is 0.520. The van der Waals surface area contributed by atoms with E-state index in [4.69, 9.17) is 47.9 Å². The molecule has 0 radical (unpaired) electrons. The fourth-order valence-electron chi connectivity index (χ4n) is 3.91.